The van der Waals surface area contributed by atoms with E-state index in [4.69, 9.17) is 0 Å². The van der Waals surface area contributed by atoms with Crippen molar-refractivity contribution in [1.82, 2.24) is 30.8 Å². The molecule has 30 heavy (non-hydrogen) atoms. The first kappa shape index (κ1) is 21.9. The Morgan fingerprint density at radius 1 is 1.20 bits per heavy atom. The number of aromatic nitrogens is 4. The van der Waals surface area contributed by atoms with Gasteiger partial charge in [-0.05, 0) is 47.5 Å². The Labute approximate surface area is 173 Å². The summed E-state index contributed by atoms with van der Waals surface area (Å²) in [5.74, 6) is -0.482. The molecule has 1 aliphatic rings. The molecule has 1 aromatic heterocycles. The molecule has 3 amide bonds. The van der Waals surface area contributed by atoms with E-state index >= 15 is 0 Å². The molecule has 0 spiro atoms. The van der Waals surface area contributed by atoms with Crippen LogP contribution in [0.2, 0.25) is 0 Å². The van der Waals surface area contributed by atoms with Gasteiger partial charge in [0.05, 0.1) is 5.69 Å². The molecule has 2 N–H and O–H groups in total. The maximum atomic E-state index is 12.2. The smallest absolute Gasteiger partial charge is 0.406 e. The summed E-state index contributed by atoms with van der Waals surface area (Å²) in [6.07, 6.45) is -0.725. The van der Waals surface area contributed by atoms with Gasteiger partial charge >= 0.3 is 12.4 Å². The number of nitrogens with zero attached hydrogens (tertiary/aromatic N) is 4. The van der Waals surface area contributed by atoms with Crippen molar-refractivity contribution >= 4 is 23.7 Å². The van der Waals surface area contributed by atoms with Gasteiger partial charge in [0, 0.05) is 18.2 Å². The zero-order valence-corrected chi connectivity index (χ0v) is 16.5. The number of carbonyl (C=O) groups is 2. The van der Waals surface area contributed by atoms with Crippen LogP contribution in [0.5, 0.6) is 5.75 Å². The number of amides is 3. The highest BCUT2D eigenvalue weighted by Crippen LogP contribution is 2.25. The number of thioether (sulfide) groups is 1. The number of benzene rings is 1. The molecule has 0 aliphatic heterocycles. The fourth-order valence-corrected chi connectivity index (χ4v) is 3.76. The summed E-state index contributed by atoms with van der Waals surface area (Å²) in [5.41, 5.74) is 0.428. The van der Waals surface area contributed by atoms with E-state index in [2.05, 4.69) is 30.9 Å². The van der Waals surface area contributed by atoms with E-state index in [1.54, 1.807) is 0 Å². The molecule has 1 saturated carbocycles. The highest BCUT2D eigenvalue weighted by molar-refractivity contribution is 7.99. The van der Waals surface area contributed by atoms with E-state index in [1.807, 2.05) is 0 Å². The van der Waals surface area contributed by atoms with Crippen LogP contribution in [-0.2, 0) is 4.79 Å². The minimum Gasteiger partial charge on any atom is -0.406 e. The van der Waals surface area contributed by atoms with E-state index in [0.717, 1.165) is 37.8 Å². The molecule has 1 aliphatic carbocycles. The third kappa shape index (κ3) is 6.61. The zero-order chi connectivity index (χ0) is 21.6. The van der Waals surface area contributed by atoms with Crippen LogP contribution < -0.4 is 15.4 Å². The number of hydrogen-bond donors (Lipinski definition) is 2. The first-order valence-electron chi connectivity index (χ1n) is 9.18. The van der Waals surface area contributed by atoms with E-state index < -0.39 is 18.3 Å². The number of urea groups is 1. The molecule has 1 heterocycles. The van der Waals surface area contributed by atoms with Crippen molar-refractivity contribution in [2.45, 2.75) is 49.7 Å². The van der Waals surface area contributed by atoms with Crippen LogP contribution in [0.15, 0.2) is 29.4 Å². The summed E-state index contributed by atoms with van der Waals surface area (Å²) in [4.78, 5) is 23.7. The van der Waals surface area contributed by atoms with Crippen molar-refractivity contribution in [3.05, 3.63) is 24.3 Å². The first-order chi connectivity index (χ1) is 14.3. The second kappa shape index (κ2) is 9.78. The predicted octanol–water partition coefficient (Wildman–Crippen LogP) is 2.81. The monoisotopic (exact) mass is 444 g/mol. The number of rotatable bonds is 7. The van der Waals surface area contributed by atoms with Gasteiger partial charge in [0.25, 0.3) is 0 Å². The molecule has 0 bridgehead atoms. The molecule has 13 heteroatoms. The summed E-state index contributed by atoms with van der Waals surface area (Å²) in [6, 6.07) is 4.67. The fourth-order valence-electron chi connectivity index (χ4n) is 2.94. The molecule has 162 valence electrons. The normalized spacial score (nSPS) is 14.5. The van der Waals surface area contributed by atoms with Crippen molar-refractivity contribution in [2.75, 3.05) is 5.75 Å². The second-order valence-corrected chi connectivity index (χ2v) is 7.58. The van der Waals surface area contributed by atoms with Gasteiger partial charge in [0.2, 0.25) is 11.1 Å². The number of halogens is 3. The lowest BCUT2D eigenvalue weighted by Crippen LogP contribution is -2.43. The average Bonchev–Trinajstić information content (AvgIpc) is 3.33. The number of imide groups is 1. The molecule has 0 atom stereocenters. The van der Waals surface area contributed by atoms with Crippen molar-refractivity contribution in [3.8, 4) is 11.4 Å². The van der Waals surface area contributed by atoms with Crippen LogP contribution in [0.1, 0.15) is 32.1 Å². The molecular weight excluding hydrogens is 425 g/mol. The molecule has 1 aromatic carbocycles. The van der Waals surface area contributed by atoms with Crippen LogP contribution in [0.4, 0.5) is 18.0 Å². The van der Waals surface area contributed by atoms with Gasteiger partial charge in [-0.3, -0.25) is 10.1 Å². The lowest BCUT2D eigenvalue weighted by molar-refractivity contribution is -0.274. The lowest BCUT2D eigenvalue weighted by atomic mass is 10.2. The van der Waals surface area contributed by atoms with Crippen molar-refractivity contribution < 1.29 is 27.5 Å². The molecule has 3 rings (SSSR count). The Balaban J connectivity index is 1.47. The lowest BCUT2D eigenvalue weighted by Gasteiger charge is -2.12. The van der Waals surface area contributed by atoms with Gasteiger partial charge < -0.3 is 10.1 Å². The van der Waals surface area contributed by atoms with Gasteiger partial charge in [-0.25, -0.2) is 4.79 Å². The van der Waals surface area contributed by atoms with E-state index in [-0.39, 0.29) is 18.2 Å². The first-order valence-corrected chi connectivity index (χ1v) is 10.2. The number of alkyl halides is 3. The average molecular weight is 444 g/mol. The zero-order valence-electron chi connectivity index (χ0n) is 15.7. The predicted molar refractivity (Wildman–Crippen MR) is 100 cm³/mol. The highest BCUT2D eigenvalue weighted by Gasteiger charge is 2.31. The Morgan fingerprint density at radius 2 is 1.90 bits per heavy atom. The molecule has 0 radical (unpaired) electrons. The number of hydrogen-bond acceptors (Lipinski definition) is 7. The number of nitrogens with one attached hydrogen (secondary N) is 2. The number of carbonyl (C=O) groups excluding carboxylic acids is 2. The van der Waals surface area contributed by atoms with E-state index in [9.17, 15) is 22.8 Å². The number of tetrazole rings is 1. The quantitative estimate of drug-likeness (QED) is 0.632. The molecule has 1 fully saturated rings. The third-order valence-electron chi connectivity index (χ3n) is 4.26. The van der Waals surface area contributed by atoms with Crippen molar-refractivity contribution in [3.63, 3.8) is 0 Å². The third-order valence-corrected chi connectivity index (χ3v) is 5.18. The van der Waals surface area contributed by atoms with Crippen LogP contribution in [-0.4, -0.2) is 50.3 Å². The Morgan fingerprint density at radius 3 is 2.57 bits per heavy atom. The summed E-state index contributed by atoms with van der Waals surface area (Å²) in [5, 5.41) is 16.6. The van der Waals surface area contributed by atoms with Crippen LogP contribution in [0.3, 0.4) is 0 Å². The minimum absolute atomic E-state index is 0.0635. The fraction of sp³-hybridized carbons (Fsp3) is 0.471. The van der Waals surface area contributed by atoms with Crippen molar-refractivity contribution in [2.24, 2.45) is 0 Å². The maximum absolute atomic E-state index is 12.2. The van der Waals surface area contributed by atoms with Gasteiger partial charge in [0.1, 0.15) is 5.75 Å². The van der Waals surface area contributed by atoms with Crippen LogP contribution in [0, 0.1) is 0 Å². The second-order valence-electron chi connectivity index (χ2n) is 6.52. The topological polar surface area (TPSA) is 111 Å². The molecule has 2 aromatic rings. The maximum Gasteiger partial charge on any atom is 0.573 e. The minimum atomic E-state index is -4.77. The molecule has 0 saturated heterocycles. The van der Waals surface area contributed by atoms with Gasteiger partial charge in [-0.2, -0.15) is 4.68 Å². The summed E-state index contributed by atoms with van der Waals surface area (Å²) in [6.45, 7) is 0. The van der Waals surface area contributed by atoms with E-state index in [0.29, 0.717) is 16.6 Å². The highest BCUT2D eigenvalue weighted by atomic mass is 32.2. The van der Waals surface area contributed by atoms with Gasteiger partial charge in [0.15, 0.2) is 0 Å². The summed E-state index contributed by atoms with van der Waals surface area (Å²) < 4.78 is 41.9. The SMILES string of the molecule is O=C(CCSc1nnnn1-c1ccc(OC(F)(F)F)cc1)NC(=O)NC1CCCC1. The summed E-state index contributed by atoms with van der Waals surface area (Å²) >= 11 is 1.17. The number of ether oxygens (including phenoxy) is 1. The molecule has 0 unspecified atom stereocenters. The van der Waals surface area contributed by atoms with Crippen LogP contribution >= 0.6 is 11.8 Å². The molecule has 9 nitrogen and oxygen atoms in total. The van der Waals surface area contributed by atoms with Gasteiger partial charge in [-0.15, -0.1) is 18.3 Å². The molecular formula is C17H19F3N6O3S. The summed E-state index contributed by atoms with van der Waals surface area (Å²) in [7, 11) is 0. The Hall–Kier alpha value is -2.83. The van der Waals surface area contributed by atoms with E-state index in [1.165, 1.54) is 28.6 Å². The largest absolute Gasteiger partial charge is 0.573 e. The van der Waals surface area contributed by atoms with Gasteiger partial charge in [-0.1, -0.05) is 24.6 Å². The Bertz CT molecular complexity index is 868. The van der Waals surface area contributed by atoms with Crippen molar-refractivity contribution in [1.29, 1.82) is 0 Å². The Kier molecular flexibility index (Phi) is 7.13. The standard InChI is InChI=1S/C17H19F3N6O3S/c18-17(19,20)29-13-7-5-12(6-8-13)26-16(23-24-25-26)30-10-9-14(27)22-15(28)21-11-3-1-2-4-11/h5-8,11H,1-4,9-10H2,(H2,21,22,27,28). The van der Waals surface area contributed by atoms with Crippen LogP contribution in [0.25, 0.3) is 5.69 Å².